The molecule has 0 bridgehead atoms. The Balaban J connectivity index is 2.07. The molecule has 1 saturated heterocycles. The average Bonchev–Trinajstić information content (AvgIpc) is 2.54. The van der Waals surface area contributed by atoms with Gasteiger partial charge in [0.25, 0.3) is 0 Å². The summed E-state index contributed by atoms with van der Waals surface area (Å²) in [7, 11) is 0. The van der Waals surface area contributed by atoms with Gasteiger partial charge in [0.1, 0.15) is 18.7 Å². The second kappa shape index (κ2) is 5.59. The van der Waals surface area contributed by atoms with Crippen LogP contribution in [0.5, 0.6) is 0 Å². The van der Waals surface area contributed by atoms with Crippen molar-refractivity contribution in [1.82, 2.24) is 0 Å². The molecular weight excluding hydrogens is 262 g/mol. The Morgan fingerprint density at radius 1 is 0.952 bits per heavy atom. The van der Waals surface area contributed by atoms with Crippen LogP contribution in [0.15, 0.2) is 0 Å². The molecule has 4 atom stereocenters. The Morgan fingerprint density at radius 2 is 1.48 bits per heavy atom. The minimum absolute atomic E-state index is 0.0711. The average molecular weight is 288 g/mol. The van der Waals surface area contributed by atoms with E-state index in [4.69, 9.17) is 0 Å². The van der Waals surface area contributed by atoms with Gasteiger partial charge in [0, 0.05) is 24.7 Å². The van der Waals surface area contributed by atoms with Gasteiger partial charge >= 0.3 is 0 Å². The quantitative estimate of drug-likeness (QED) is 0.801. The summed E-state index contributed by atoms with van der Waals surface area (Å²) in [6.45, 7) is 0.621. The third-order valence-corrected chi connectivity index (χ3v) is 6.55. The highest BCUT2D eigenvalue weighted by Crippen LogP contribution is 2.46. The Labute approximate surface area is 127 Å². The number of quaternary nitrogens is 1. The zero-order chi connectivity index (χ0) is 14.9. The van der Waals surface area contributed by atoms with Crippen LogP contribution in [0.25, 0.3) is 0 Å². The summed E-state index contributed by atoms with van der Waals surface area (Å²) in [5, 5.41) is 29.6. The minimum atomic E-state index is -0.426. The topological polar surface area (TPSA) is 72.2 Å². The summed E-state index contributed by atoms with van der Waals surface area (Å²) in [6.07, 6.45) is 9.71. The number of hydrogen-bond donors (Lipinski definition) is 2. The fourth-order valence-electron chi connectivity index (χ4n) is 5.65. The van der Waals surface area contributed by atoms with Crippen molar-refractivity contribution < 1.29 is 10.0 Å². The Bertz CT molecular complexity index is 439. The maximum atomic E-state index is 10.0. The summed E-state index contributed by atoms with van der Waals surface area (Å²) in [5.74, 6) is 0.838. The van der Waals surface area contributed by atoms with Crippen LogP contribution in [-0.4, -0.2) is 29.3 Å². The smallest absolute Gasteiger partial charge is 0.188 e. The van der Waals surface area contributed by atoms with E-state index in [1.165, 1.54) is 12.8 Å². The first-order chi connectivity index (χ1) is 10.2. The molecule has 4 nitrogen and oxygen atoms in total. The van der Waals surface area contributed by atoms with Gasteiger partial charge in [-0.2, -0.15) is 10.5 Å². The van der Waals surface area contributed by atoms with E-state index < -0.39 is 11.1 Å². The molecule has 1 heterocycles. The normalized spacial score (nSPS) is 45.8. The van der Waals surface area contributed by atoms with E-state index in [-0.39, 0.29) is 6.61 Å². The van der Waals surface area contributed by atoms with Crippen molar-refractivity contribution in [2.75, 3.05) is 13.2 Å². The lowest BCUT2D eigenvalue weighted by atomic mass is 9.57. The van der Waals surface area contributed by atoms with Gasteiger partial charge in [-0.05, 0) is 32.1 Å². The molecule has 3 rings (SSSR count). The van der Waals surface area contributed by atoms with Gasteiger partial charge in [-0.3, -0.25) is 4.90 Å². The van der Waals surface area contributed by atoms with Crippen molar-refractivity contribution in [1.29, 1.82) is 10.5 Å². The zero-order valence-electron chi connectivity index (χ0n) is 12.8. The van der Waals surface area contributed by atoms with Crippen LogP contribution < -0.4 is 4.90 Å². The first-order valence-corrected chi connectivity index (χ1v) is 8.53. The fourth-order valence-corrected chi connectivity index (χ4v) is 5.65. The molecule has 1 aliphatic heterocycles. The van der Waals surface area contributed by atoms with Gasteiger partial charge in [-0.1, -0.05) is 12.8 Å². The molecule has 4 heteroatoms. The highest BCUT2D eigenvalue weighted by Gasteiger charge is 2.65. The highest BCUT2D eigenvalue weighted by molar-refractivity contribution is 5.17. The fraction of sp³-hybridized carbons (Fsp3) is 0.882. The molecule has 2 aliphatic carbocycles. The molecule has 2 saturated carbocycles. The largest absolute Gasteiger partial charge is 0.391 e. The number of hydrogen-bond acceptors (Lipinski definition) is 3. The maximum Gasteiger partial charge on any atom is 0.188 e. The number of nitriles is 2. The SMILES string of the molecule is N#C[C@]12CCCC[C@@H]1C[C@H]1CCCC[C@]1(C#N)[NH+]2CCO. The van der Waals surface area contributed by atoms with Crippen molar-refractivity contribution in [2.24, 2.45) is 11.8 Å². The number of aliphatic hydroxyl groups excluding tert-OH is 1. The molecular formula is C17H26N3O+. The van der Waals surface area contributed by atoms with E-state index in [9.17, 15) is 15.6 Å². The molecule has 0 spiro atoms. The van der Waals surface area contributed by atoms with Crippen molar-refractivity contribution in [3.05, 3.63) is 0 Å². The van der Waals surface area contributed by atoms with E-state index >= 15 is 0 Å². The lowest BCUT2D eigenvalue weighted by Crippen LogP contribution is -3.30. The number of nitrogens with zero attached hydrogens (tertiary/aromatic N) is 2. The van der Waals surface area contributed by atoms with Crippen LogP contribution in [0.3, 0.4) is 0 Å². The van der Waals surface area contributed by atoms with E-state index in [1.807, 2.05) is 0 Å². The molecule has 3 aliphatic rings. The lowest BCUT2D eigenvalue weighted by Gasteiger charge is -2.58. The van der Waals surface area contributed by atoms with Gasteiger partial charge in [-0.15, -0.1) is 0 Å². The number of piperidine rings is 1. The number of rotatable bonds is 2. The Kier molecular flexibility index (Phi) is 3.95. The Hall–Kier alpha value is -1.10. The molecule has 0 aromatic rings. The number of likely N-dealkylation sites (tertiary alicyclic amines) is 1. The second-order valence-corrected chi connectivity index (χ2v) is 7.24. The minimum Gasteiger partial charge on any atom is -0.391 e. The van der Waals surface area contributed by atoms with Gasteiger partial charge in [0.15, 0.2) is 11.1 Å². The maximum absolute atomic E-state index is 10.0. The van der Waals surface area contributed by atoms with E-state index in [0.29, 0.717) is 18.4 Å². The van der Waals surface area contributed by atoms with E-state index in [0.717, 1.165) is 49.8 Å². The van der Waals surface area contributed by atoms with Crippen LogP contribution in [0.1, 0.15) is 57.8 Å². The molecule has 2 N–H and O–H groups in total. The predicted octanol–water partition coefficient (Wildman–Crippen LogP) is 1.17. The molecule has 0 radical (unpaired) electrons. The number of fused-ring (bicyclic) bond motifs is 2. The van der Waals surface area contributed by atoms with Gasteiger partial charge in [0.05, 0.1) is 6.61 Å². The first kappa shape index (κ1) is 14.8. The first-order valence-electron chi connectivity index (χ1n) is 8.53. The summed E-state index contributed by atoms with van der Waals surface area (Å²) < 4.78 is 0. The molecule has 0 aromatic carbocycles. The number of nitrogens with one attached hydrogen (secondary N) is 1. The molecule has 0 amide bonds. The van der Waals surface area contributed by atoms with Gasteiger partial charge in [-0.25, -0.2) is 0 Å². The van der Waals surface area contributed by atoms with Crippen LogP contribution in [0.2, 0.25) is 0 Å². The van der Waals surface area contributed by atoms with Crippen LogP contribution in [0, 0.1) is 34.5 Å². The van der Waals surface area contributed by atoms with Crippen LogP contribution in [0.4, 0.5) is 0 Å². The molecule has 0 unspecified atom stereocenters. The summed E-state index contributed by atoms with van der Waals surface area (Å²) in [6, 6.07) is 5.29. The summed E-state index contributed by atoms with van der Waals surface area (Å²) in [4.78, 5) is 1.11. The van der Waals surface area contributed by atoms with Crippen molar-refractivity contribution >= 4 is 0 Å². The second-order valence-electron chi connectivity index (χ2n) is 7.24. The molecule has 0 aromatic heterocycles. The van der Waals surface area contributed by atoms with E-state index in [1.54, 1.807) is 0 Å². The van der Waals surface area contributed by atoms with Crippen LogP contribution >= 0.6 is 0 Å². The molecule has 3 fully saturated rings. The van der Waals surface area contributed by atoms with Gasteiger partial charge < -0.3 is 5.11 Å². The van der Waals surface area contributed by atoms with Crippen molar-refractivity contribution in [3.8, 4) is 12.1 Å². The summed E-state index contributed by atoms with van der Waals surface area (Å²) >= 11 is 0. The van der Waals surface area contributed by atoms with Crippen LogP contribution in [-0.2, 0) is 0 Å². The van der Waals surface area contributed by atoms with E-state index in [2.05, 4.69) is 12.1 Å². The van der Waals surface area contributed by atoms with Crippen molar-refractivity contribution in [2.45, 2.75) is 68.9 Å². The third kappa shape index (κ3) is 2.00. The number of aliphatic hydroxyl groups is 1. The summed E-state index contributed by atoms with van der Waals surface area (Å²) in [5.41, 5.74) is -0.852. The molecule has 21 heavy (non-hydrogen) atoms. The van der Waals surface area contributed by atoms with Gasteiger partial charge in [0.2, 0.25) is 0 Å². The monoisotopic (exact) mass is 288 g/mol. The standard InChI is InChI=1S/C17H25N3O/c18-12-16-7-3-1-5-14(16)11-15-6-2-4-8-17(15,13-19)20(16)9-10-21/h14-15,21H,1-11H2/p+1/t14-,15-,16-,17-/m1/s1. The predicted molar refractivity (Wildman–Crippen MR) is 78.1 cm³/mol. The van der Waals surface area contributed by atoms with Crippen molar-refractivity contribution in [3.63, 3.8) is 0 Å². The molecule has 114 valence electrons. The lowest BCUT2D eigenvalue weighted by molar-refractivity contribution is -1.00. The Morgan fingerprint density at radius 3 is 1.90 bits per heavy atom. The highest BCUT2D eigenvalue weighted by atomic mass is 16.3. The zero-order valence-corrected chi connectivity index (χ0v) is 12.8. The third-order valence-electron chi connectivity index (χ3n) is 6.55.